The smallest absolute Gasteiger partial charge is 0.407 e. The first-order valence-corrected chi connectivity index (χ1v) is 9.11. The van der Waals surface area contributed by atoms with Gasteiger partial charge < -0.3 is 20.5 Å². The summed E-state index contributed by atoms with van der Waals surface area (Å²) >= 11 is 0. The van der Waals surface area contributed by atoms with E-state index in [0.29, 0.717) is 19.4 Å². The second-order valence-corrected chi connectivity index (χ2v) is 7.33. The van der Waals surface area contributed by atoms with Crippen molar-refractivity contribution in [3.05, 3.63) is 35.9 Å². The molecule has 1 aromatic carbocycles. The van der Waals surface area contributed by atoms with Crippen LogP contribution in [0.25, 0.3) is 0 Å². The summed E-state index contributed by atoms with van der Waals surface area (Å²) in [6.07, 6.45) is 1.48. The second-order valence-electron chi connectivity index (χ2n) is 7.33. The molecule has 2 atom stereocenters. The van der Waals surface area contributed by atoms with Crippen LogP contribution in [-0.4, -0.2) is 42.0 Å². The maximum Gasteiger partial charge on any atom is 0.407 e. The van der Waals surface area contributed by atoms with Crippen LogP contribution in [0.4, 0.5) is 4.79 Å². The SMILES string of the molecule is CC(C)(C)OC(=O)N[C@@H](Cc1ccccc1)C(O)CNCCCCC#N. The molecule has 1 amide bonds. The third-order valence-electron chi connectivity index (χ3n) is 3.71. The molecule has 0 aliphatic rings. The van der Waals surface area contributed by atoms with Gasteiger partial charge in [-0.3, -0.25) is 0 Å². The minimum Gasteiger partial charge on any atom is -0.444 e. The Kier molecular flexibility index (Phi) is 9.71. The number of amides is 1. The normalized spacial score (nSPS) is 13.5. The van der Waals surface area contributed by atoms with Crippen molar-refractivity contribution in [2.45, 2.75) is 64.2 Å². The number of carbonyl (C=O) groups is 1. The number of aliphatic hydroxyl groups is 1. The second kappa shape index (κ2) is 11.5. The number of hydrogen-bond donors (Lipinski definition) is 3. The molecule has 0 heterocycles. The summed E-state index contributed by atoms with van der Waals surface area (Å²) in [7, 11) is 0. The van der Waals surface area contributed by atoms with Gasteiger partial charge in [0.15, 0.2) is 0 Å². The summed E-state index contributed by atoms with van der Waals surface area (Å²) in [4.78, 5) is 12.1. The molecule has 1 aromatic rings. The number of ether oxygens (including phenoxy) is 1. The molecule has 6 nitrogen and oxygen atoms in total. The summed E-state index contributed by atoms with van der Waals surface area (Å²) in [5.41, 5.74) is 0.437. The first-order valence-electron chi connectivity index (χ1n) is 9.11. The van der Waals surface area contributed by atoms with Crippen molar-refractivity contribution in [2.24, 2.45) is 0 Å². The number of unbranched alkanes of at least 4 members (excludes halogenated alkanes) is 2. The summed E-state index contributed by atoms with van der Waals surface area (Å²) in [5, 5.41) is 25.0. The van der Waals surface area contributed by atoms with Crippen molar-refractivity contribution in [1.29, 1.82) is 5.26 Å². The Morgan fingerprint density at radius 2 is 1.96 bits per heavy atom. The quantitative estimate of drug-likeness (QED) is 0.557. The van der Waals surface area contributed by atoms with E-state index in [1.807, 2.05) is 30.3 Å². The summed E-state index contributed by atoms with van der Waals surface area (Å²) < 4.78 is 5.31. The van der Waals surface area contributed by atoms with Gasteiger partial charge in [0.2, 0.25) is 0 Å². The molecular formula is C20H31N3O3. The zero-order valence-corrected chi connectivity index (χ0v) is 16.0. The maximum absolute atomic E-state index is 12.1. The molecule has 0 bridgehead atoms. The van der Waals surface area contributed by atoms with Crippen LogP contribution in [-0.2, 0) is 11.2 Å². The van der Waals surface area contributed by atoms with E-state index in [2.05, 4.69) is 16.7 Å². The molecule has 1 unspecified atom stereocenters. The van der Waals surface area contributed by atoms with Crippen molar-refractivity contribution >= 4 is 6.09 Å². The number of rotatable bonds is 10. The molecule has 0 aromatic heterocycles. The standard InChI is InChI=1S/C20H31N3O3/c1-20(2,3)26-19(25)23-17(14-16-10-6-4-7-11-16)18(24)15-22-13-9-5-8-12-21/h4,6-7,10-11,17-18,22,24H,5,8-9,13-15H2,1-3H3,(H,23,25)/t17-,18?/m0/s1. The van der Waals surface area contributed by atoms with Crippen LogP contribution in [0.3, 0.4) is 0 Å². The number of nitrogens with zero attached hydrogens (tertiary/aromatic N) is 1. The maximum atomic E-state index is 12.1. The minimum atomic E-state index is -0.751. The zero-order valence-electron chi connectivity index (χ0n) is 16.0. The van der Waals surface area contributed by atoms with Crippen LogP contribution in [0, 0.1) is 11.3 Å². The van der Waals surface area contributed by atoms with Crippen LogP contribution in [0.2, 0.25) is 0 Å². The Hall–Kier alpha value is -2.10. The minimum absolute atomic E-state index is 0.361. The number of aliphatic hydroxyl groups excluding tert-OH is 1. The van der Waals surface area contributed by atoms with Gasteiger partial charge in [-0.1, -0.05) is 30.3 Å². The van der Waals surface area contributed by atoms with Crippen molar-refractivity contribution in [3.63, 3.8) is 0 Å². The number of benzene rings is 1. The molecule has 6 heteroatoms. The van der Waals surface area contributed by atoms with Crippen molar-refractivity contribution in [2.75, 3.05) is 13.1 Å². The van der Waals surface area contributed by atoms with E-state index in [1.165, 1.54) is 0 Å². The van der Waals surface area contributed by atoms with E-state index in [1.54, 1.807) is 20.8 Å². The largest absolute Gasteiger partial charge is 0.444 e. The Morgan fingerprint density at radius 1 is 1.27 bits per heavy atom. The van der Waals surface area contributed by atoms with Gasteiger partial charge in [-0.15, -0.1) is 0 Å². The number of hydrogen-bond acceptors (Lipinski definition) is 5. The highest BCUT2D eigenvalue weighted by Gasteiger charge is 2.24. The lowest BCUT2D eigenvalue weighted by Crippen LogP contribution is -2.50. The fraction of sp³-hybridized carbons (Fsp3) is 0.600. The Morgan fingerprint density at radius 3 is 2.58 bits per heavy atom. The molecular weight excluding hydrogens is 330 g/mol. The lowest BCUT2D eigenvalue weighted by atomic mass is 10.0. The lowest BCUT2D eigenvalue weighted by molar-refractivity contribution is 0.0422. The highest BCUT2D eigenvalue weighted by Crippen LogP contribution is 2.10. The molecule has 3 N–H and O–H groups in total. The molecule has 0 aliphatic heterocycles. The van der Waals surface area contributed by atoms with Gasteiger partial charge in [0.1, 0.15) is 5.60 Å². The van der Waals surface area contributed by atoms with Gasteiger partial charge in [-0.2, -0.15) is 5.26 Å². The average Bonchev–Trinajstić information content (AvgIpc) is 2.56. The van der Waals surface area contributed by atoms with Gasteiger partial charge in [-0.05, 0) is 52.1 Å². The van der Waals surface area contributed by atoms with Crippen molar-refractivity contribution < 1.29 is 14.6 Å². The fourth-order valence-electron chi connectivity index (χ4n) is 2.46. The van der Waals surface area contributed by atoms with E-state index in [-0.39, 0.29) is 0 Å². The predicted molar refractivity (Wildman–Crippen MR) is 102 cm³/mol. The third kappa shape index (κ3) is 10.0. The summed E-state index contributed by atoms with van der Waals surface area (Å²) in [6.45, 7) is 6.50. The van der Waals surface area contributed by atoms with Crippen LogP contribution >= 0.6 is 0 Å². The molecule has 0 saturated heterocycles. The molecule has 0 radical (unpaired) electrons. The van der Waals surface area contributed by atoms with E-state index >= 15 is 0 Å². The Balaban J connectivity index is 2.58. The molecule has 26 heavy (non-hydrogen) atoms. The van der Waals surface area contributed by atoms with E-state index in [4.69, 9.17) is 10.00 Å². The van der Waals surface area contributed by atoms with Gasteiger partial charge in [0.05, 0.1) is 18.2 Å². The van der Waals surface area contributed by atoms with Crippen LogP contribution < -0.4 is 10.6 Å². The van der Waals surface area contributed by atoms with Gasteiger partial charge >= 0.3 is 6.09 Å². The lowest BCUT2D eigenvalue weighted by Gasteiger charge is -2.27. The summed E-state index contributed by atoms with van der Waals surface area (Å²) in [6, 6.07) is 11.4. The monoisotopic (exact) mass is 361 g/mol. The third-order valence-corrected chi connectivity index (χ3v) is 3.71. The van der Waals surface area contributed by atoms with Crippen LogP contribution in [0.15, 0.2) is 30.3 Å². The number of alkyl carbamates (subject to hydrolysis) is 1. The van der Waals surface area contributed by atoms with Crippen LogP contribution in [0.1, 0.15) is 45.6 Å². The van der Waals surface area contributed by atoms with E-state index in [0.717, 1.165) is 24.9 Å². The number of nitriles is 1. The van der Waals surface area contributed by atoms with Crippen molar-refractivity contribution in [1.82, 2.24) is 10.6 Å². The Labute approximate surface area is 156 Å². The molecule has 0 spiro atoms. The van der Waals surface area contributed by atoms with Crippen molar-refractivity contribution in [3.8, 4) is 6.07 Å². The highest BCUT2D eigenvalue weighted by molar-refractivity contribution is 5.68. The highest BCUT2D eigenvalue weighted by atomic mass is 16.6. The molecule has 0 saturated carbocycles. The molecule has 0 aliphatic carbocycles. The molecule has 144 valence electrons. The molecule has 1 rings (SSSR count). The van der Waals surface area contributed by atoms with Gasteiger partial charge in [-0.25, -0.2) is 4.79 Å². The van der Waals surface area contributed by atoms with E-state index in [9.17, 15) is 9.90 Å². The Bertz CT molecular complexity index is 564. The van der Waals surface area contributed by atoms with Gasteiger partial charge in [0.25, 0.3) is 0 Å². The predicted octanol–water partition coefficient (Wildman–Crippen LogP) is 2.77. The fourth-order valence-corrected chi connectivity index (χ4v) is 2.46. The average molecular weight is 361 g/mol. The first kappa shape index (κ1) is 21.9. The number of nitrogens with one attached hydrogen (secondary N) is 2. The summed E-state index contributed by atoms with van der Waals surface area (Å²) in [5.74, 6) is 0. The van der Waals surface area contributed by atoms with Crippen LogP contribution in [0.5, 0.6) is 0 Å². The first-order chi connectivity index (χ1) is 12.3. The van der Waals surface area contributed by atoms with E-state index < -0.39 is 23.8 Å². The topological polar surface area (TPSA) is 94.4 Å². The van der Waals surface area contributed by atoms with Gasteiger partial charge in [0, 0.05) is 13.0 Å². The zero-order chi connectivity index (χ0) is 19.4. The number of carbonyl (C=O) groups excluding carboxylic acids is 1. The molecule has 0 fully saturated rings.